The van der Waals surface area contributed by atoms with Gasteiger partial charge < -0.3 is 9.84 Å². The SMILES string of the molecule is Cc1ccc(C(F)(F)F)c(OCC(=O)O)n1. The standard InChI is InChI=1S/C9H8F3NO3/c1-5-2-3-6(9(10,11)12)8(13-5)16-4-7(14)15/h2-3H,4H2,1H3,(H,14,15). The molecule has 0 spiro atoms. The van der Waals surface area contributed by atoms with E-state index in [2.05, 4.69) is 9.72 Å². The van der Waals surface area contributed by atoms with Crippen LogP contribution in [0.3, 0.4) is 0 Å². The minimum absolute atomic E-state index is 0.313. The van der Waals surface area contributed by atoms with Crippen molar-refractivity contribution in [3.8, 4) is 5.88 Å². The van der Waals surface area contributed by atoms with Crippen LogP contribution in [-0.2, 0) is 11.0 Å². The van der Waals surface area contributed by atoms with Crippen molar-refractivity contribution in [3.05, 3.63) is 23.4 Å². The van der Waals surface area contributed by atoms with Crippen LogP contribution in [0.4, 0.5) is 13.2 Å². The molecular formula is C9H8F3NO3. The summed E-state index contributed by atoms with van der Waals surface area (Å²) in [5.74, 6) is -2.08. The molecule has 0 radical (unpaired) electrons. The number of hydrogen-bond donors (Lipinski definition) is 1. The number of rotatable bonds is 3. The smallest absolute Gasteiger partial charge is 0.421 e. The number of carboxylic acid groups (broad SMARTS) is 1. The predicted molar refractivity (Wildman–Crippen MR) is 47.1 cm³/mol. The lowest BCUT2D eigenvalue weighted by molar-refractivity contribution is -0.143. The molecule has 1 aromatic rings. The number of aromatic nitrogens is 1. The first kappa shape index (κ1) is 12.3. The highest BCUT2D eigenvalue weighted by Crippen LogP contribution is 2.34. The van der Waals surface area contributed by atoms with Crippen LogP contribution in [0.25, 0.3) is 0 Å². The fourth-order valence-corrected chi connectivity index (χ4v) is 0.989. The Morgan fingerprint density at radius 2 is 2.12 bits per heavy atom. The Hall–Kier alpha value is -1.79. The Bertz CT molecular complexity index is 403. The summed E-state index contributed by atoms with van der Waals surface area (Å²) in [6, 6.07) is 1.98. The Balaban J connectivity index is 3.04. The quantitative estimate of drug-likeness (QED) is 0.868. The fraction of sp³-hybridized carbons (Fsp3) is 0.333. The molecule has 0 aliphatic rings. The number of carboxylic acids is 1. The van der Waals surface area contributed by atoms with Gasteiger partial charge in [-0.3, -0.25) is 0 Å². The minimum atomic E-state index is -4.62. The topological polar surface area (TPSA) is 59.4 Å². The van der Waals surface area contributed by atoms with Gasteiger partial charge in [-0.1, -0.05) is 0 Å². The Morgan fingerprint density at radius 1 is 1.50 bits per heavy atom. The zero-order valence-electron chi connectivity index (χ0n) is 8.21. The summed E-state index contributed by atoms with van der Waals surface area (Å²) in [6.07, 6.45) is -4.62. The lowest BCUT2D eigenvalue weighted by Gasteiger charge is -2.12. The molecule has 16 heavy (non-hydrogen) atoms. The van der Waals surface area contributed by atoms with E-state index in [1.165, 1.54) is 13.0 Å². The molecule has 4 nitrogen and oxygen atoms in total. The monoisotopic (exact) mass is 235 g/mol. The molecule has 0 saturated carbocycles. The summed E-state index contributed by atoms with van der Waals surface area (Å²) in [5.41, 5.74) is -0.771. The molecule has 0 saturated heterocycles. The number of pyridine rings is 1. The second-order valence-electron chi connectivity index (χ2n) is 2.99. The van der Waals surface area contributed by atoms with Crippen LogP contribution in [0.15, 0.2) is 12.1 Å². The molecule has 0 amide bonds. The number of nitrogens with zero attached hydrogens (tertiary/aromatic N) is 1. The maximum absolute atomic E-state index is 12.4. The van der Waals surface area contributed by atoms with Crippen molar-refractivity contribution in [1.82, 2.24) is 4.98 Å². The number of hydrogen-bond acceptors (Lipinski definition) is 3. The largest absolute Gasteiger partial charge is 0.479 e. The van der Waals surface area contributed by atoms with Crippen molar-refractivity contribution in [2.75, 3.05) is 6.61 Å². The molecule has 1 N–H and O–H groups in total. The van der Waals surface area contributed by atoms with Crippen molar-refractivity contribution >= 4 is 5.97 Å². The zero-order chi connectivity index (χ0) is 12.3. The van der Waals surface area contributed by atoms with Crippen LogP contribution in [0.2, 0.25) is 0 Å². The average Bonchev–Trinajstić information content (AvgIpc) is 2.12. The third kappa shape index (κ3) is 3.11. The third-order valence-electron chi connectivity index (χ3n) is 1.64. The van der Waals surface area contributed by atoms with E-state index in [4.69, 9.17) is 5.11 Å². The summed E-state index contributed by atoms with van der Waals surface area (Å²) in [5, 5.41) is 8.30. The normalized spacial score (nSPS) is 11.2. The maximum atomic E-state index is 12.4. The van der Waals surface area contributed by atoms with Gasteiger partial charge in [0.2, 0.25) is 5.88 Å². The predicted octanol–water partition coefficient (Wildman–Crippen LogP) is 1.87. The molecule has 0 atom stereocenters. The molecule has 0 fully saturated rings. The number of alkyl halides is 3. The molecule has 7 heteroatoms. The van der Waals surface area contributed by atoms with Gasteiger partial charge in [-0.15, -0.1) is 0 Å². The lowest BCUT2D eigenvalue weighted by atomic mass is 10.2. The van der Waals surface area contributed by atoms with Gasteiger partial charge in [0.15, 0.2) is 6.61 Å². The van der Waals surface area contributed by atoms with Crippen LogP contribution in [0, 0.1) is 6.92 Å². The number of ether oxygens (including phenoxy) is 1. The molecule has 1 heterocycles. The molecular weight excluding hydrogens is 227 g/mol. The molecule has 0 aromatic carbocycles. The molecule has 88 valence electrons. The van der Waals surface area contributed by atoms with Crippen LogP contribution in [0.1, 0.15) is 11.3 Å². The van der Waals surface area contributed by atoms with E-state index in [1.807, 2.05) is 0 Å². The maximum Gasteiger partial charge on any atom is 0.421 e. The molecule has 0 unspecified atom stereocenters. The van der Waals surface area contributed by atoms with E-state index in [0.717, 1.165) is 6.07 Å². The van der Waals surface area contributed by atoms with Crippen molar-refractivity contribution in [1.29, 1.82) is 0 Å². The third-order valence-corrected chi connectivity index (χ3v) is 1.64. The Morgan fingerprint density at radius 3 is 2.62 bits per heavy atom. The van der Waals surface area contributed by atoms with Crippen LogP contribution in [0.5, 0.6) is 5.88 Å². The van der Waals surface area contributed by atoms with Gasteiger partial charge in [-0.25, -0.2) is 9.78 Å². The van der Waals surface area contributed by atoms with E-state index >= 15 is 0 Å². The zero-order valence-corrected chi connectivity index (χ0v) is 8.21. The second kappa shape index (κ2) is 4.38. The highest BCUT2D eigenvalue weighted by Gasteiger charge is 2.35. The van der Waals surface area contributed by atoms with E-state index in [9.17, 15) is 18.0 Å². The van der Waals surface area contributed by atoms with Gasteiger partial charge in [0, 0.05) is 5.69 Å². The first-order valence-corrected chi connectivity index (χ1v) is 4.20. The number of aliphatic carboxylic acids is 1. The van der Waals surface area contributed by atoms with Crippen molar-refractivity contribution < 1.29 is 27.8 Å². The van der Waals surface area contributed by atoms with Crippen molar-refractivity contribution in [2.24, 2.45) is 0 Å². The van der Waals surface area contributed by atoms with E-state index in [1.54, 1.807) is 0 Å². The van der Waals surface area contributed by atoms with Crippen LogP contribution < -0.4 is 4.74 Å². The van der Waals surface area contributed by atoms with Gasteiger partial charge >= 0.3 is 12.1 Å². The number of carbonyl (C=O) groups is 1. The summed E-state index contributed by atoms with van der Waals surface area (Å²) < 4.78 is 41.8. The Kier molecular flexibility index (Phi) is 3.36. The molecule has 0 aliphatic heterocycles. The minimum Gasteiger partial charge on any atom is -0.479 e. The highest BCUT2D eigenvalue weighted by molar-refractivity contribution is 5.68. The second-order valence-corrected chi connectivity index (χ2v) is 2.99. The van der Waals surface area contributed by atoms with Gasteiger partial charge in [0.25, 0.3) is 0 Å². The summed E-state index contributed by atoms with van der Waals surface area (Å²) in [4.78, 5) is 13.7. The van der Waals surface area contributed by atoms with Crippen molar-refractivity contribution in [3.63, 3.8) is 0 Å². The van der Waals surface area contributed by atoms with E-state index < -0.39 is 30.2 Å². The lowest BCUT2D eigenvalue weighted by Crippen LogP contribution is -2.15. The first-order valence-electron chi connectivity index (χ1n) is 4.20. The van der Waals surface area contributed by atoms with E-state index in [-0.39, 0.29) is 0 Å². The summed E-state index contributed by atoms with van der Waals surface area (Å²) >= 11 is 0. The van der Waals surface area contributed by atoms with Gasteiger partial charge in [0.05, 0.1) is 0 Å². The molecule has 0 bridgehead atoms. The highest BCUT2D eigenvalue weighted by atomic mass is 19.4. The molecule has 1 rings (SSSR count). The first-order chi connectivity index (χ1) is 7.30. The Labute approximate surface area is 88.7 Å². The van der Waals surface area contributed by atoms with Crippen LogP contribution >= 0.6 is 0 Å². The molecule has 0 aliphatic carbocycles. The van der Waals surface area contributed by atoms with Gasteiger partial charge in [-0.05, 0) is 19.1 Å². The summed E-state index contributed by atoms with van der Waals surface area (Å²) in [7, 11) is 0. The average molecular weight is 235 g/mol. The van der Waals surface area contributed by atoms with Crippen LogP contribution in [-0.4, -0.2) is 22.7 Å². The number of aryl methyl sites for hydroxylation is 1. The van der Waals surface area contributed by atoms with Gasteiger partial charge in [-0.2, -0.15) is 13.2 Å². The summed E-state index contributed by atoms with van der Waals surface area (Å²) in [6.45, 7) is 0.618. The van der Waals surface area contributed by atoms with E-state index in [0.29, 0.717) is 5.69 Å². The molecule has 1 aromatic heterocycles. The van der Waals surface area contributed by atoms with Gasteiger partial charge in [0.1, 0.15) is 5.56 Å². The van der Waals surface area contributed by atoms with Crippen molar-refractivity contribution in [2.45, 2.75) is 13.1 Å². The fourth-order valence-electron chi connectivity index (χ4n) is 0.989. The number of halogens is 3.